The summed E-state index contributed by atoms with van der Waals surface area (Å²) in [6, 6.07) is 6.22. The smallest absolute Gasteiger partial charge is 0.240 e. The van der Waals surface area contributed by atoms with Gasteiger partial charge in [-0.2, -0.15) is 0 Å². The fourth-order valence-electron chi connectivity index (χ4n) is 3.10. The summed E-state index contributed by atoms with van der Waals surface area (Å²) in [4.78, 5) is 15.6. The van der Waals surface area contributed by atoms with Crippen molar-refractivity contribution in [3.05, 3.63) is 35.5 Å². The lowest BCUT2D eigenvalue weighted by Crippen LogP contribution is -2.57. The summed E-state index contributed by atoms with van der Waals surface area (Å²) in [5, 5.41) is 4.24. The second kappa shape index (κ2) is 6.10. The molecule has 1 aromatic carbocycles. The molecule has 0 atom stereocenters. The summed E-state index contributed by atoms with van der Waals surface area (Å²) in [5.41, 5.74) is 9.03. The monoisotopic (exact) mass is 301 g/mol. The van der Waals surface area contributed by atoms with Crippen LogP contribution in [0.4, 0.5) is 0 Å². The lowest BCUT2D eigenvalue weighted by atomic mass is 9.90. The first-order valence-electron chi connectivity index (χ1n) is 7.81. The first kappa shape index (κ1) is 15.1. The number of aromatic nitrogens is 1. The van der Waals surface area contributed by atoms with Crippen molar-refractivity contribution >= 4 is 16.8 Å². The van der Waals surface area contributed by atoms with Crippen LogP contribution in [-0.2, 0) is 16.0 Å². The van der Waals surface area contributed by atoms with Crippen molar-refractivity contribution in [3.8, 4) is 0 Å². The van der Waals surface area contributed by atoms with Gasteiger partial charge in [0.25, 0.3) is 0 Å². The molecule has 5 heteroatoms. The Morgan fingerprint density at radius 1 is 1.41 bits per heavy atom. The Kier molecular flexibility index (Phi) is 4.18. The number of benzene rings is 1. The molecule has 2 heterocycles. The predicted molar refractivity (Wildman–Crippen MR) is 86.7 cm³/mol. The highest BCUT2D eigenvalue weighted by Gasteiger charge is 2.35. The Bertz CT molecular complexity index is 672. The molecule has 22 heavy (non-hydrogen) atoms. The molecule has 1 aromatic heterocycles. The van der Waals surface area contributed by atoms with Crippen molar-refractivity contribution in [1.29, 1.82) is 0 Å². The Morgan fingerprint density at radius 2 is 2.18 bits per heavy atom. The molecule has 1 fully saturated rings. The van der Waals surface area contributed by atoms with Crippen molar-refractivity contribution in [2.24, 2.45) is 5.73 Å². The summed E-state index contributed by atoms with van der Waals surface area (Å²) < 4.78 is 5.28. The Morgan fingerprint density at radius 3 is 2.95 bits per heavy atom. The molecule has 1 saturated heterocycles. The Labute approximate surface area is 130 Å². The number of nitrogens with two attached hydrogens (primary N) is 1. The van der Waals surface area contributed by atoms with Gasteiger partial charge in [-0.25, -0.2) is 0 Å². The van der Waals surface area contributed by atoms with Gasteiger partial charge >= 0.3 is 0 Å². The molecule has 1 aliphatic rings. The van der Waals surface area contributed by atoms with Crippen molar-refractivity contribution in [3.63, 3.8) is 0 Å². The van der Waals surface area contributed by atoms with Crippen molar-refractivity contribution in [2.45, 2.75) is 31.7 Å². The van der Waals surface area contributed by atoms with E-state index in [2.05, 4.69) is 29.4 Å². The summed E-state index contributed by atoms with van der Waals surface area (Å²) in [7, 11) is 0. The van der Waals surface area contributed by atoms with E-state index in [1.54, 1.807) is 0 Å². The van der Waals surface area contributed by atoms with E-state index in [1.807, 2.05) is 12.3 Å². The number of aromatic amines is 1. The van der Waals surface area contributed by atoms with Gasteiger partial charge in [0.1, 0.15) is 0 Å². The van der Waals surface area contributed by atoms with Crippen LogP contribution in [-0.4, -0.2) is 36.2 Å². The summed E-state index contributed by atoms with van der Waals surface area (Å²) in [6.07, 6.45) is 4.00. The molecular weight excluding hydrogens is 278 g/mol. The molecule has 0 radical (unpaired) electrons. The molecule has 0 saturated carbocycles. The van der Waals surface area contributed by atoms with Gasteiger partial charge in [-0.05, 0) is 43.4 Å². The number of amides is 1. The van der Waals surface area contributed by atoms with Crippen LogP contribution in [0.15, 0.2) is 24.4 Å². The van der Waals surface area contributed by atoms with E-state index in [0.29, 0.717) is 32.6 Å². The van der Waals surface area contributed by atoms with E-state index in [1.165, 1.54) is 16.5 Å². The normalized spacial score (nSPS) is 17.5. The number of nitrogens with one attached hydrogen (secondary N) is 2. The highest BCUT2D eigenvalue weighted by atomic mass is 16.5. The number of hydrogen-bond acceptors (Lipinski definition) is 3. The third-order valence-electron chi connectivity index (χ3n) is 4.51. The number of ether oxygens (including phenoxy) is 1. The predicted octanol–water partition coefficient (Wildman–Crippen LogP) is 1.64. The van der Waals surface area contributed by atoms with Gasteiger partial charge in [0.2, 0.25) is 5.91 Å². The summed E-state index contributed by atoms with van der Waals surface area (Å²) >= 11 is 0. The molecule has 1 aliphatic heterocycles. The zero-order valence-electron chi connectivity index (χ0n) is 12.9. The molecule has 3 rings (SSSR count). The van der Waals surface area contributed by atoms with Crippen LogP contribution in [0.3, 0.4) is 0 Å². The van der Waals surface area contributed by atoms with E-state index >= 15 is 0 Å². The van der Waals surface area contributed by atoms with Crippen LogP contribution in [0.5, 0.6) is 0 Å². The van der Waals surface area contributed by atoms with Gasteiger partial charge < -0.3 is 20.8 Å². The van der Waals surface area contributed by atoms with Gasteiger partial charge in [0.05, 0.1) is 5.54 Å². The van der Waals surface area contributed by atoms with Crippen LogP contribution in [0.25, 0.3) is 10.9 Å². The van der Waals surface area contributed by atoms with Gasteiger partial charge in [-0.15, -0.1) is 0 Å². The largest absolute Gasteiger partial charge is 0.381 e. The first-order valence-corrected chi connectivity index (χ1v) is 7.81. The molecule has 1 amide bonds. The Balaban J connectivity index is 1.61. The molecule has 0 spiro atoms. The lowest BCUT2D eigenvalue weighted by molar-refractivity contribution is -0.129. The van der Waals surface area contributed by atoms with Crippen LogP contribution >= 0.6 is 0 Å². The average Bonchev–Trinajstić information content (AvgIpc) is 2.92. The number of H-pyrrole nitrogens is 1. The number of fused-ring (bicyclic) bond motifs is 1. The van der Waals surface area contributed by atoms with E-state index < -0.39 is 5.54 Å². The number of aryl methyl sites for hydroxylation is 1. The lowest BCUT2D eigenvalue weighted by Gasteiger charge is -2.31. The topological polar surface area (TPSA) is 80.1 Å². The van der Waals surface area contributed by atoms with Gasteiger partial charge in [-0.3, -0.25) is 4.79 Å². The zero-order valence-corrected chi connectivity index (χ0v) is 12.9. The first-order chi connectivity index (χ1) is 10.6. The molecule has 5 nitrogen and oxygen atoms in total. The van der Waals surface area contributed by atoms with Crippen LogP contribution in [0.1, 0.15) is 24.0 Å². The van der Waals surface area contributed by atoms with E-state index in [0.717, 1.165) is 11.9 Å². The SMILES string of the molecule is Cc1cccc2[nH]cc(CCNC(=O)C3(N)CCOCC3)c12. The summed E-state index contributed by atoms with van der Waals surface area (Å²) in [6.45, 7) is 3.83. The maximum atomic E-state index is 12.3. The maximum Gasteiger partial charge on any atom is 0.240 e. The van der Waals surface area contributed by atoms with Gasteiger partial charge in [-0.1, -0.05) is 12.1 Å². The molecule has 0 aliphatic carbocycles. The molecule has 118 valence electrons. The number of carbonyl (C=O) groups excluding carboxylic acids is 1. The fourth-order valence-corrected chi connectivity index (χ4v) is 3.10. The second-order valence-electron chi connectivity index (χ2n) is 6.09. The van der Waals surface area contributed by atoms with Crippen LogP contribution < -0.4 is 11.1 Å². The highest BCUT2D eigenvalue weighted by Crippen LogP contribution is 2.22. The zero-order chi connectivity index (χ0) is 15.6. The molecule has 0 unspecified atom stereocenters. The van der Waals surface area contributed by atoms with E-state index in [-0.39, 0.29) is 5.91 Å². The minimum Gasteiger partial charge on any atom is -0.381 e. The molecular formula is C17H23N3O2. The average molecular weight is 301 g/mol. The van der Waals surface area contributed by atoms with Crippen LogP contribution in [0.2, 0.25) is 0 Å². The molecule has 2 aromatic rings. The van der Waals surface area contributed by atoms with Crippen molar-refractivity contribution in [1.82, 2.24) is 10.3 Å². The standard InChI is InChI=1S/C17H23N3O2/c1-12-3-2-4-14-15(12)13(11-20-14)5-8-19-16(21)17(18)6-9-22-10-7-17/h2-4,11,20H,5-10,18H2,1H3,(H,19,21). The molecule has 4 N–H and O–H groups in total. The maximum absolute atomic E-state index is 12.3. The van der Waals surface area contributed by atoms with E-state index in [9.17, 15) is 4.79 Å². The minimum atomic E-state index is -0.769. The third kappa shape index (κ3) is 2.87. The second-order valence-corrected chi connectivity index (χ2v) is 6.09. The van der Waals surface area contributed by atoms with Crippen molar-refractivity contribution < 1.29 is 9.53 Å². The fraction of sp³-hybridized carbons (Fsp3) is 0.471. The van der Waals surface area contributed by atoms with Gasteiger partial charge in [0.15, 0.2) is 0 Å². The minimum absolute atomic E-state index is 0.0626. The summed E-state index contributed by atoms with van der Waals surface area (Å²) in [5.74, 6) is -0.0626. The number of rotatable bonds is 4. The van der Waals surface area contributed by atoms with Crippen molar-refractivity contribution in [2.75, 3.05) is 19.8 Å². The molecule has 0 bridgehead atoms. The highest BCUT2D eigenvalue weighted by molar-refractivity contribution is 5.87. The number of carbonyl (C=O) groups is 1. The van der Waals surface area contributed by atoms with Crippen LogP contribution in [0, 0.1) is 6.92 Å². The number of hydrogen-bond donors (Lipinski definition) is 3. The van der Waals surface area contributed by atoms with Gasteiger partial charge in [0, 0.05) is 36.9 Å². The van der Waals surface area contributed by atoms with E-state index in [4.69, 9.17) is 10.5 Å². The third-order valence-corrected chi connectivity index (χ3v) is 4.51. The Hall–Kier alpha value is -1.85. The quantitative estimate of drug-likeness (QED) is 0.803.